The van der Waals surface area contributed by atoms with Crippen molar-refractivity contribution in [2.75, 3.05) is 7.11 Å². The SMILES string of the molecule is COc1ccc([C@@H]2C(=C(O)c3ccc(OCc4cccc(C)c4)cc3)C(=O)C(=O)N2Cc2ccco2)cc1. The van der Waals surface area contributed by atoms with Crippen molar-refractivity contribution in [3.05, 3.63) is 125 Å². The van der Waals surface area contributed by atoms with Crippen LogP contribution in [0.15, 0.2) is 101 Å². The van der Waals surface area contributed by atoms with Crippen LogP contribution in [0.25, 0.3) is 5.76 Å². The van der Waals surface area contributed by atoms with Gasteiger partial charge in [-0.05, 0) is 66.6 Å². The number of aryl methyl sites for hydroxylation is 1. The summed E-state index contributed by atoms with van der Waals surface area (Å²) in [5.74, 6) is 0.0689. The van der Waals surface area contributed by atoms with Gasteiger partial charge in [0.2, 0.25) is 0 Å². The molecule has 0 aliphatic carbocycles. The topological polar surface area (TPSA) is 89.2 Å². The highest BCUT2D eigenvalue weighted by Gasteiger charge is 2.46. The molecule has 4 aromatic rings. The van der Waals surface area contributed by atoms with Crippen LogP contribution in [-0.4, -0.2) is 28.8 Å². The molecule has 1 saturated heterocycles. The number of nitrogens with zero attached hydrogens (tertiary/aromatic N) is 1. The van der Waals surface area contributed by atoms with E-state index in [1.807, 2.05) is 25.1 Å². The molecule has 1 amide bonds. The second-order valence-electron chi connectivity index (χ2n) is 9.08. The maximum absolute atomic E-state index is 13.2. The number of amides is 1. The Balaban J connectivity index is 1.46. The van der Waals surface area contributed by atoms with Gasteiger partial charge in [0.1, 0.15) is 29.6 Å². The van der Waals surface area contributed by atoms with E-state index in [2.05, 4.69) is 6.07 Å². The molecule has 0 unspecified atom stereocenters. The number of carbonyl (C=O) groups excluding carboxylic acids is 2. The number of rotatable bonds is 8. The molecule has 3 aromatic carbocycles. The normalized spacial score (nSPS) is 16.6. The summed E-state index contributed by atoms with van der Waals surface area (Å²) in [6, 6.07) is 24.6. The van der Waals surface area contributed by atoms with Crippen LogP contribution in [0, 0.1) is 6.92 Å². The fourth-order valence-electron chi connectivity index (χ4n) is 4.58. The van der Waals surface area contributed by atoms with Gasteiger partial charge in [-0.25, -0.2) is 0 Å². The zero-order valence-corrected chi connectivity index (χ0v) is 21.1. The zero-order valence-electron chi connectivity index (χ0n) is 21.1. The lowest BCUT2D eigenvalue weighted by Crippen LogP contribution is -2.29. The summed E-state index contributed by atoms with van der Waals surface area (Å²) >= 11 is 0. The largest absolute Gasteiger partial charge is 0.507 e. The minimum absolute atomic E-state index is 0.0140. The molecule has 2 heterocycles. The second kappa shape index (κ2) is 10.7. The molecule has 0 radical (unpaired) electrons. The van der Waals surface area contributed by atoms with Crippen LogP contribution in [-0.2, 0) is 22.7 Å². The number of methoxy groups -OCH3 is 1. The first-order valence-electron chi connectivity index (χ1n) is 12.2. The fraction of sp³-hybridized carbons (Fsp3) is 0.161. The van der Waals surface area contributed by atoms with Crippen LogP contribution in [0.5, 0.6) is 11.5 Å². The average Bonchev–Trinajstić information content (AvgIpc) is 3.54. The van der Waals surface area contributed by atoms with Gasteiger partial charge in [-0.1, -0.05) is 42.0 Å². The summed E-state index contributed by atoms with van der Waals surface area (Å²) in [4.78, 5) is 27.8. The molecule has 0 saturated carbocycles. The molecule has 7 nitrogen and oxygen atoms in total. The van der Waals surface area contributed by atoms with E-state index < -0.39 is 17.7 Å². The third kappa shape index (κ3) is 5.04. The fourth-order valence-corrected chi connectivity index (χ4v) is 4.58. The van der Waals surface area contributed by atoms with Gasteiger partial charge in [0.15, 0.2) is 0 Å². The van der Waals surface area contributed by atoms with Gasteiger partial charge in [0, 0.05) is 5.56 Å². The molecule has 1 aliphatic heterocycles. The Labute approximate surface area is 220 Å². The van der Waals surface area contributed by atoms with E-state index >= 15 is 0 Å². The molecular weight excluding hydrogens is 482 g/mol. The van der Waals surface area contributed by atoms with Crippen molar-refractivity contribution in [2.24, 2.45) is 0 Å². The number of furan rings is 1. The lowest BCUT2D eigenvalue weighted by atomic mass is 9.95. The number of Topliss-reactive ketones (excluding diaryl/α,β-unsaturated/α-hetero) is 1. The van der Waals surface area contributed by atoms with E-state index in [0.717, 1.165) is 11.1 Å². The predicted octanol–water partition coefficient (Wildman–Crippen LogP) is 5.80. The highest BCUT2D eigenvalue weighted by Crippen LogP contribution is 2.40. The van der Waals surface area contributed by atoms with Gasteiger partial charge in [0.25, 0.3) is 11.7 Å². The number of likely N-dealkylation sites (tertiary alicyclic amines) is 1. The quantitative estimate of drug-likeness (QED) is 0.184. The van der Waals surface area contributed by atoms with Crippen molar-refractivity contribution in [1.82, 2.24) is 4.90 Å². The average molecular weight is 510 g/mol. The Morgan fingerprint density at radius 3 is 2.34 bits per heavy atom. The molecule has 1 aliphatic rings. The molecule has 192 valence electrons. The maximum atomic E-state index is 13.2. The summed E-state index contributed by atoms with van der Waals surface area (Å²) in [5.41, 5.74) is 3.29. The van der Waals surface area contributed by atoms with Crippen LogP contribution in [0.4, 0.5) is 0 Å². The van der Waals surface area contributed by atoms with Gasteiger partial charge in [-0.2, -0.15) is 0 Å². The van der Waals surface area contributed by atoms with E-state index in [0.29, 0.717) is 35.0 Å². The van der Waals surface area contributed by atoms with Crippen molar-refractivity contribution in [3.63, 3.8) is 0 Å². The number of ether oxygens (including phenoxy) is 2. The smallest absolute Gasteiger partial charge is 0.296 e. The number of benzene rings is 3. The van der Waals surface area contributed by atoms with Gasteiger partial charge >= 0.3 is 0 Å². The first-order chi connectivity index (χ1) is 18.4. The van der Waals surface area contributed by atoms with Crippen molar-refractivity contribution < 1.29 is 28.6 Å². The zero-order chi connectivity index (χ0) is 26.6. The van der Waals surface area contributed by atoms with E-state index in [4.69, 9.17) is 13.9 Å². The summed E-state index contributed by atoms with van der Waals surface area (Å²) in [6.45, 7) is 2.51. The number of hydrogen-bond donors (Lipinski definition) is 1. The third-order valence-corrected chi connectivity index (χ3v) is 6.49. The Bertz CT molecular complexity index is 1470. The molecule has 5 rings (SSSR count). The van der Waals surface area contributed by atoms with Crippen LogP contribution in [0.3, 0.4) is 0 Å². The number of aliphatic hydroxyl groups is 1. The highest BCUT2D eigenvalue weighted by atomic mass is 16.5. The molecule has 1 atom stereocenters. The van der Waals surface area contributed by atoms with Crippen LogP contribution < -0.4 is 9.47 Å². The molecule has 1 aromatic heterocycles. The van der Waals surface area contributed by atoms with Crippen LogP contribution in [0.2, 0.25) is 0 Å². The summed E-state index contributed by atoms with van der Waals surface area (Å²) < 4.78 is 16.6. The first-order valence-corrected chi connectivity index (χ1v) is 12.2. The van der Waals surface area contributed by atoms with Crippen molar-refractivity contribution in [1.29, 1.82) is 0 Å². The molecule has 0 spiro atoms. The van der Waals surface area contributed by atoms with Gasteiger partial charge in [0.05, 0.1) is 31.5 Å². The molecule has 7 heteroatoms. The minimum Gasteiger partial charge on any atom is -0.507 e. The van der Waals surface area contributed by atoms with Crippen molar-refractivity contribution in [3.8, 4) is 11.5 Å². The molecule has 1 N–H and O–H groups in total. The summed E-state index contributed by atoms with van der Waals surface area (Å²) in [6.07, 6.45) is 1.51. The van der Waals surface area contributed by atoms with E-state index in [1.54, 1.807) is 67.8 Å². The molecule has 38 heavy (non-hydrogen) atoms. The lowest BCUT2D eigenvalue weighted by molar-refractivity contribution is -0.140. The predicted molar refractivity (Wildman–Crippen MR) is 142 cm³/mol. The highest BCUT2D eigenvalue weighted by molar-refractivity contribution is 6.46. The monoisotopic (exact) mass is 509 g/mol. The van der Waals surface area contributed by atoms with Crippen molar-refractivity contribution in [2.45, 2.75) is 26.1 Å². The molecular formula is C31H27NO6. The van der Waals surface area contributed by atoms with Gasteiger partial charge in [-0.15, -0.1) is 0 Å². The van der Waals surface area contributed by atoms with Gasteiger partial charge in [-0.3, -0.25) is 9.59 Å². The van der Waals surface area contributed by atoms with Gasteiger partial charge < -0.3 is 23.9 Å². The summed E-state index contributed by atoms with van der Waals surface area (Å²) in [5, 5.41) is 11.3. The standard InChI is InChI=1S/C31H27NO6/c1-20-5-3-6-21(17-20)19-38-25-14-10-23(11-15-25)29(33)27-28(22-8-12-24(36-2)13-9-22)32(31(35)30(27)34)18-26-7-4-16-37-26/h3-17,28,33H,18-19H2,1-2H3/t28-/m1/s1. The third-order valence-electron chi connectivity index (χ3n) is 6.49. The molecule has 0 bridgehead atoms. The van der Waals surface area contributed by atoms with E-state index in [1.165, 1.54) is 11.2 Å². The minimum atomic E-state index is -0.803. The Morgan fingerprint density at radius 1 is 0.947 bits per heavy atom. The van der Waals surface area contributed by atoms with Crippen LogP contribution >= 0.6 is 0 Å². The number of ketones is 1. The Morgan fingerprint density at radius 2 is 1.68 bits per heavy atom. The summed E-state index contributed by atoms with van der Waals surface area (Å²) in [7, 11) is 1.56. The number of aliphatic hydroxyl groups excluding tert-OH is 1. The van der Waals surface area contributed by atoms with E-state index in [9.17, 15) is 14.7 Å². The first kappa shape index (κ1) is 24.9. The lowest BCUT2D eigenvalue weighted by Gasteiger charge is -2.24. The Hall–Kier alpha value is -4.78. The molecule has 1 fully saturated rings. The van der Waals surface area contributed by atoms with Crippen molar-refractivity contribution >= 4 is 17.4 Å². The Kier molecular flexibility index (Phi) is 7.00. The van der Waals surface area contributed by atoms with Crippen LogP contribution in [0.1, 0.15) is 34.1 Å². The van der Waals surface area contributed by atoms with E-state index in [-0.39, 0.29) is 17.9 Å². The number of carbonyl (C=O) groups is 2. The second-order valence-corrected chi connectivity index (χ2v) is 9.08. The maximum Gasteiger partial charge on any atom is 0.296 e. The number of hydrogen-bond acceptors (Lipinski definition) is 6.